The Morgan fingerprint density at radius 2 is 1.19 bits per heavy atom. The maximum Gasteiger partial charge on any atom is 0.235 e. The average Bonchev–Trinajstić information content (AvgIpc) is 3.58. The fraction of sp³-hybridized carbons (Fsp3) is 0.0667. The molecule has 9 aromatic rings. The Morgan fingerprint density at radius 3 is 2.06 bits per heavy atom. The summed E-state index contributed by atoms with van der Waals surface area (Å²) in [4.78, 5) is 10.7. The van der Waals surface area contributed by atoms with Crippen LogP contribution in [-0.2, 0) is 5.41 Å². The van der Waals surface area contributed by atoms with Crippen LogP contribution >= 0.6 is 0 Å². The topological polar surface area (TPSA) is 30.7 Å². The summed E-state index contributed by atoms with van der Waals surface area (Å²) in [6.07, 6.45) is 0. The van der Waals surface area contributed by atoms with Gasteiger partial charge in [-0.25, -0.2) is 9.97 Å². The minimum Gasteiger partial charge on any atom is -0.278 e. The van der Waals surface area contributed by atoms with Crippen molar-refractivity contribution in [1.82, 2.24) is 14.5 Å². The highest BCUT2D eigenvalue weighted by Gasteiger charge is 2.36. The number of aromatic nitrogens is 3. The van der Waals surface area contributed by atoms with Crippen molar-refractivity contribution in [3.05, 3.63) is 163 Å². The molecule has 0 N–H and O–H groups in total. The zero-order valence-corrected chi connectivity index (χ0v) is 26.8. The molecule has 0 atom stereocenters. The second-order valence-electron chi connectivity index (χ2n) is 13.4. The first kappa shape index (κ1) is 27.1. The Hall–Kier alpha value is -6.06. The molecule has 0 amide bonds. The number of hydrogen-bond donors (Lipinski definition) is 0. The zero-order valence-electron chi connectivity index (χ0n) is 26.8. The molecule has 10 rings (SSSR count). The van der Waals surface area contributed by atoms with Crippen LogP contribution in [0.3, 0.4) is 0 Å². The van der Waals surface area contributed by atoms with E-state index in [9.17, 15) is 0 Å². The van der Waals surface area contributed by atoms with Gasteiger partial charge in [0.15, 0.2) is 0 Å². The van der Waals surface area contributed by atoms with Gasteiger partial charge in [0.2, 0.25) is 5.95 Å². The maximum absolute atomic E-state index is 5.39. The van der Waals surface area contributed by atoms with Gasteiger partial charge >= 0.3 is 0 Å². The van der Waals surface area contributed by atoms with E-state index in [1.165, 1.54) is 49.4 Å². The summed E-state index contributed by atoms with van der Waals surface area (Å²) in [7, 11) is 0. The number of hydrogen-bond acceptors (Lipinski definition) is 2. The van der Waals surface area contributed by atoms with E-state index in [0.717, 1.165) is 38.8 Å². The van der Waals surface area contributed by atoms with Gasteiger partial charge in [-0.1, -0.05) is 135 Å². The SMILES string of the molecule is CC1(C)c2ccccc2-c2c(-c3ccc4c(-c5ccccc5)nc(-n5c6ccccc6c6cc7ccccc7cc65)nc4c3)cccc21. The summed E-state index contributed by atoms with van der Waals surface area (Å²) in [6, 6.07) is 54.6. The third kappa shape index (κ3) is 3.82. The summed E-state index contributed by atoms with van der Waals surface area (Å²) in [5.41, 5.74) is 12.8. The average molecular weight is 614 g/mol. The van der Waals surface area contributed by atoms with Crippen LogP contribution in [-0.4, -0.2) is 14.5 Å². The van der Waals surface area contributed by atoms with Gasteiger partial charge in [0, 0.05) is 27.1 Å². The predicted octanol–water partition coefficient (Wildman–Crippen LogP) is 11.5. The number of rotatable bonds is 3. The molecule has 0 saturated carbocycles. The van der Waals surface area contributed by atoms with Crippen LogP contribution < -0.4 is 0 Å². The Balaban J connectivity index is 1.27. The lowest BCUT2D eigenvalue weighted by atomic mass is 9.82. The van der Waals surface area contributed by atoms with E-state index in [-0.39, 0.29) is 5.41 Å². The molecule has 0 fully saturated rings. The number of benzene rings is 7. The second-order valence-corrected chi connectivity index (χ2v) is 13.4. The van der Waals surface area contributed by atoms with Gasteiger partial charge < -0.3 is 0 Å². The first-order valence-corrected chi connectivity index (χ1v) is 16.6. The number of nitrogens with zero attached hydrogens (tertiary/aromatic N) is 3. The van der Waals surface area contributed by atoms with Crippen molar-refractivity contribution < 1.29 is 0 Å². The lowest BCUT2D eigenvalue weighted by Crippen LogP contribution is -2.14. The van der Waals surface area contributed by atoms with Gasteiger partial charge in [-0.05, 0) is 74.5 Å². The molecule has 0 radical (unpaired) electrons. The van der Waals surface area contributed by atoms with Crippen molar-refractivity contribution in [2.24, 2.45) is 0 Å². The normalized spacial score (nSPS) is 13.4. The summed E-state index contributed by atoms with van der Waals surface area (Å²) >= 11 is 0. The fourth-order valence-electron chi connectivity index (χ4n) is 8.07. The summed E-state index contributed by atoms with van der Waals surface area (Å²) in [5.74, 6) is 0.671. The molecule has 7 aromatic carbocycles. The van der Waals surface area contributed by atoms with Crippen LogP contribution in [0.4, 0.5) is 0 Å². The van der Waals surface area contributed by atoms with E-state index in [4.69, 9.17) is 9.97 Å². The van der Waals surface area contributed by atoms with Crippen molar-refractivity contribution in [3.63, 3.8) is 0 Å². The zero-order chi connectivity index (χ0) is 32.0. The summed E-state index contributed by atoms with van der Waals surface area (Å²) in [5, 5.41) is 5.85. The van der Waals surface area contributed by atoms with Crippen molar-refractivity contribution in [1.29, 1.82) is 0 Å². The lowest BCUT2D eigenvalue weighted by Gasteiger charge is -2.21. The second kappa shape index (κ2) is 9.97. The van der Waals surface area contributed by atoms with Gasteiger partial charge in [-0.15, -0.1) is 0 Å². The van der Waals surface area contributed by atoms with Crippen LogP contribution in [0.1, 0.15) is 25.0 Å². The van der Waals surface area contributed by atoms with Crippen LogP contribution in [0, 0.1) is 0 Å². The molecule has 2 heterocycles. The maximum atomic E-state index is 5.39. The molecule has 1 aliphatic rings. The third-order valence-electron chi connectivity index (χ3n) is 10.4. The predicted molar refractivity (Wildman–Crippen MR) is 200 cm³/mol. The van der Waals surface area contributed by atoms with Gasteiger partial charge in [-0.3, -0.25) is 4.57 Å². The Bertz CT molecular complexity index is 2750. The molecule has 2 aromatic heterocycles. The van der Waals surface area contributed by atoms with Gasteiger partial charge in [-0.2, -0.15) is 0 Å². The van der Waals surface area contributed by atoms with Gasteiger partial charge in [0.05, 0.1) is 22.2 Å². The molecule has 226 valence electrons. The molecule has 48 heavy (non-hydrogen) atoms. The Morgan fingerprint density at radius 1 is 0.479 bits per heavy atom. The minimum atomic E-state index is -0.0602. The molecule has 0 aliphatic heterocycles. The standard InChI is InChI=1S/C45H31N3/c1-45(2)37-20-10-8-18-34(37)42-32(19-12-21-38(42)45)31-23-24-35-39(26-31)46-44(47-43(35)28-13-4-3-5-14-28)48-40-22-11-9-17-33(40)36-25-29-15-6-7-16-30(29)27-41(36)48/h3-27H,1-2H3. The van der Waals surface area contributed by atoms with Crippen molar-refractivity contribution in [3.8, 4) is 39.5 Å². The molecule has 3 nitrogen and oxygen atoms in total. The van der Waals surface area contributed by atoms with Crippen LogP contribution in [0.2, 0.25) is 0 Å². The monoisotopic (exact) mass is 613 g/mol. The quantitative estimate of drug-likeness (QED) is 0.198. The first-order valence-electron chi connectivity index (χ1n) is 16.6. The molecular weight excluding hydrogens is 583 g/mol. The lowest BCUT2D eigenvalue weighted by molar-refractivity contribution is 0.660. The van der Waals surface area contributed by atoms with E-state index in [0.29, 0.717) is 5.95 Å². The number of fused-ring (bicyclic) bond motifs is 8. The number of para-hydroxylation sites is 1. The van der Waals surface area contributed by atoms with Crippen LogP contribution in [0.5, 0.6) is 0 Å². The van der Waals surface area contributed by atoms with E-state index in [1.807, 2.05) is 0 Å². The van der Waals surface area contributed by atoms with Crippen LogP contribution in [0.25, 0.3) is 82.9 Å². The first-order chi connectivity index (χ1) is 23.6. The largest absolute Gasteiger partial charge is 0.278 e. The highest BCUT2D eigenvalue weighted by Crippen LogP contribution is 2.52. The molecule has 0 spiro atoms. The van der Waals surface area contributed by atoms with E-state index in [2.05, 4.69) is 170 Å². The van der Waals surface area contributed by atoms with Crippen molar-refractivity contribution in [2.45, 2.75) is 19.3 Å². The van der Waals surface area contributed by atoms with Gasteiger partial charge in [0.1, 0.15) is 0 Å². The molecular formula is C45H31N3. The van der Waals surface area contributed by atoms with Gasteiger partial charge in [0.25, 0.3) is 0 Å². The molecule has 1 aliphatic carbocycles. The summed E-state index contributed by atoms with van der Waals surface area (Å²) < 4.78 is 2.24. The van der Waals surface area contributed by atoms with Crippen LogP contribution in [0.15, 0.2) is 152 Å². The van der Waals surface area contributed by atoms with Crippen molar-refractivity contribution in [2.75, 3.05) is 0 Å². The Labute approximate surface area is 278 Å². The van der Waals surface area contributed by atoms with Crippen molar-refractivity contribution >= 4 is 43.5 Å². The highest BCUT2D eigenvalue weighted by molar-refractivity contribution is 6.13. The van der Waals surface area contributed by atoms with E-state index >= 15 is 0 Å². The van der Waals surface area contributed by atoms with E-state index < -0.39 is 0 Å². The highest BCUT2D eigenvalue weighted by atomic mass is 15.2. The molecule has 0 bridgehead atoms. The minimum absolute atomic E-state index is 0.0602. The molecule has 3 heteroatoms. The fourth-order valence-corrected chi connectivity index (χ4v) is 8.07. The smallest absolute Gasteiger partial charge is 0.235 e. The Kier molecular flexibility index (Phi) is 5.63. The summed E-state index contributed by atoms with van der Waals surface area (Å²) in [6.45, 7) is 4.67. The van der Waals surface area contributed by atoms with E-state index in [1.54, 1.807) is 0 Å². The molecule has 0 unspecified atom stereocenters. The molecule has 0 saturated heterocycles. The third-order valence-corrected chi connectivity index (χ3v) is 10.4.